The highest BCUT2D eigenvalue weighted by Crippen LogP contribution is 2.37. The van der Waals surface area contributed by atoms with Crippen molar-refractivity contribution in [3.63, 3.8) is 0 Å². The van der Waals surface area contributed by atoms with E-state index in [-0.39, 0.29) is 35.9 Å². The van der Waals surface area contributed by atoms with Crippen molar-refractivity contribution < 1.29 is 27.9 Å². The van der Waals surface area contributed by atoms with Crippen LogP contribution in [0.1, 0.15) is 46.9 Å². The number of hydrogen-bond donors (Lipinski definition) is 3. The number of fused-ring (bicyclic) bond motifs is 1. The summed E-state index contributed by atoms with van der Waals surface area (Å²) >= 11 is 0. The molecule has 4 rings (SSSR count). The summed E-state index contributed by atoms with van der Waals surface area (Å²) in [7, 11) is 0. The summed E-state index contributed by atoms with van der Waals surface area (Å²) in [4.78, 5) is 23.8. The Labute approximate surface area is 194 Å². The van der Waals surface area contributed by atoms with Crippen LogP contribution < -0.4 is 5.32 Å². The number of aromatic amines is 1. The van der Waals surface area contributed by atoms with Crippen molar-refractivity contribution in [3.05, 3.63) is 64.8 Å². The number of aromatic nitrogens is 2. The number of amides is 1. The number of carboxylic acid groups (broad SMARTS) is 1. The summed E-state index contributed by atoms with van der Waals surface area (Å²) in [6.07, 6.45) is 4.63. The van der Waals surface area contributed by atoms with Gasteiger partial charge in [-0.1, -0.05) is 31.2 Å². The fourth-order valence-electron chi connectivity index (χ4n) is 4.30. The molecule has 0 aliphatic heterocycles. The number of halogens is 3. The van der Waals surface area contributed by atoms with E-state index in [1.807, 2.05) is 13.0 Å². The Kier molecular flexibility index (Phi) is 7.30. The lowest BCUT2D eigenvalue weighted by atomic mass is 9.68. The van der Waals surface area contributed by atoms with Crippen molar-refractivity contribution in [2.75, 3.05) is 0 Å². The Bertz CT molecular complexity index is 1200. The van der Waals surface area contributed by atoms with Gasteiger partial charge in [-0.05, 0) is 54.0 Å². The van der Waals surface area contributed by atoms with E-state index in [0.717, 1.165) is 17.7 Å². The second-order valence-electron chi connectivity index (χ2n) is 8.32. The Morgan fingerprint density at radius 2 is 1.85 bits per heavy atom. The van der Waals surface area contributed by atoms with E-state index in [2.05, 4.69) is 28.4 Å². The zero-order valence-corrected chi connectivity index (χ0v) is 18.4. The normalized spacial score (nSPS) is 19.5. The predicted octanol–water partition coefficient (Wildman–Crippen LogP) is 4.65. The molecular formula is C25H24F3N3O3. The number of alkyl halides is 3. The number of carbonyl (C=O) groups is 2. The third-order valence-electron chi connectivity index (χ3n) is 6.25. The minimum Gasteiger partial charge on any atom is -0.481 e. The van der Waals surface area contributed by atoms with Gasteiger partial charge in [0.25, 0.3) is 5.91 Å². The number of nitrogens with one attached hydrogen (secondary N) is 2. The van der Waals surface area contributed by atoms with Crippen LogP contribution in [0.3, 0.4) is 0 Å². The van der Waals surface area contributed by atoms with Gasteiger partial charge in [-0.15, -0.1) is 12.8 Å². The van der Waals surface area contributed by atoms with E-state index < -0.39 is 17.7 Å². The van der Waals surface area contributed by atoms with E-state index in [0.29, 0.717) is 29.3 Å². The van der Waals surface area contributed by atoms with Crippen LogP contribution in [0.4, 0.5) is 13.2 Å². The van der Waals surface area contributed by atoms with Crippen LogP contribution >= 0.6 is 0 Å². The van der Waals surface area contributed by atoms with Gasteiger partial charge in [0, 0.05) is 17.8 Å². The number of carboxylic acids is 1. The van der Waals surface area contributed by atoms with Crippen LogP contribution in [0.5, 0.6) is 0 Å². The molecule has 3 N–H and O–H groups in total. The van der Waals surface area contributed by atoms with Crippen molar-refractivity contribution in [3.8, 4) is 12.8 Å². The number of hydrogen-bond acceptors (Lipinski definition) is 3. The highest BCUT2D eigenvalue weighted by molar-refractivity contribution is 6.06. The average Bonchev–Trinajstić information content (AvgIpc) is 3.24. The van der Waals surface area contributed by atoms with Crippen LogP contribution in [0.15, 0.2) is 42.5 Å². The molecule has 0 bridgehead atoms. The quantitative estimate of drug-likeness (QED) is 0.456. The number of nitrogens with zero attached hydrogens (tertiary/aromatic N) is 1. The molecule has 0 radical (unpaired) electrons. The van der Waals surface area contributed by atoms with Gasteiger partial charge in [0.15, 0.2) is 5.69 Å². The number of aliphatic carboxylic acids is 1. The van der Waals surface area contributed by atoms with Crippen molar-refractivity contribution in [2.45, 2.75) is 38.4 Å². The van der Waals surface area contributed by atoms with Gasteiger partial charge in [0.05, 0.1) is 11.1 Å². The smallest absolute Gasteiger partial charge is 0.416 e. The second-order valence-corrected chi connectivity index (χ2v) is 8.32. The molecule has 1 aromatic heterocycles. The first kappa shape index (κ1) is 24.8. The first-order chi connectivity index (χ1) is 16.1. The molecule has 6 nitrogen and oxygen atoms in total. The number of carbonyl (C=O) groups excluding carboxylic acids is 1. The largest absolute Gasteiger partial charge is 0.481 e. The third-order valence-corrected chi connectivity index (χ3v) is 6.25. The lowest BCUT2D eigenvalue weighted by Gasteiger charge is -2.42. The van der Waals surface area contributed by atoms with Gasteiger partial charge in [0.2, 0.25) is 0 Å². The Morgan fingerprint density at radius 1 is 1.18 bits per heavy atom. The molecular weight excluding hydrogens is 447 g/mol. The standard InChI is InChI=1S/C23H22F3N3O3.C2H2/c1-12-15(11-19(30)31)10-18(12)27-22(32)21-20-14(3-2-4-17(20)28-29-21)9-13-5-7-16(8-6-13)23(24,25)26;1-2/h2-8,12,15,18H,9-11H2,1H3,(H,27,32)(H,28,29)(H,30,31);1-2H. The summed E-state index contributed by atoms with van der Waals surface area (Å²) in [5.41, 5.74) is 1.62. The summed E-state index contributed by atoms with van der Waals surface area (Å²) < 4.78 is 38.5. The maximum Gasteiger partial charge on any atom is 0.416 e. The minimum atomic E-state index is -4.39. The Morgan fingerprint density at radius 3 is 2.44 bits per heavy atom. The van der Waals surface area contributed by atoms with Gasteiger partial charge in [0.1, 0.15) is 0 Å². The topological polar surface area (TPSA) is 95.1 Å². The molecule has 1 aliphatic carbocycles. The maximum absolute atomic E-state index is 12.9. The molecule has 3 aromatic rings. The predicted molar refractivity (Wildman–Crippen MR) is 121 cm³/mol. The third kappa shape index (κ3) is 5.22. The SMILES string of the molecule is C#C.CC1C(CC(=O)O)CC1NC(=O)c1n[nH]c2cccc(Cc3ccc(C(F)(F)F)cc3)c12. The molecule has 2 aromatic carbocycles. The van der Waals surface area contributed by atoms with Crippen molar-refractivity contribution >= 4 is 22.8 Å². The minimum absolute atomic E-state index is 0.0314. The Hall–Kier alpha value is -3.80. The van der Waals surface area contributed by atoms with Gasteiger partial charge in [-0.25, -0.2) is 0 Å². The lowest BCUT2D eigenvalue weighted by Crippen LogP contribution is -2.51. The molecule has 0 saturated heterocycles. The summed E-state index contributed by atoms with van der Waals surface area (Å²) in [5.74, 6) is -1.13. The summed E-state index contributed by atoms with van der Waals surface area (Å²) in [6, 6.07) is 10.2. The van der Waals surface area contributed by atoms with Crippen molar-refractivity contribution in [1.29, 1.82) is 0 Å². The lowest BCUT2D eigenvalue weighted by molar-refractivity contribution is -0.140. The van der Waals surface area contributed by atoms with Gasteiger partial charge in [-0.2, -0.15) is 18.3 Å². The highest BCUT2D eigenvalue weighted by atomic mass is 19.4. The second kappa shape index (κ2) is 10.00. The fourth-order valence-corrected chi connectivity index (χ4v) is 4.30. The summed E-state index contributed by atoms with van der Waals surface area (Å²) in [5, 5.41) is 19.5. The molecule has 1 amide bonds. The van der Waals surface area contributed by atoms with Crippen LogP contribution in [0, 0.1) is 24.7 Å². The zero-order valence-electron chi connectivity index (χ0n) is 18.4. The van der Waals surface area contributed by atoms with E-state index >= 15 is 0 Å². The molecule has 178 valence electrons. The first-order valence-corrected chi connectivity index (χ1v) is 10.6. The Balaban J connectivity index is 0.00000158. The fraction of sp³-hybridized carbons (Fsp3) is 0.320. The van der Waals surface area contributed by atoms with E-state index in [9.17, 15) is 22.8 Å². The van der Waals surface area contributed by atoms with Crippen LogP contribution in [-0.2, 0) is 17.4 Å². The molecule has 1 saturated carbocycles. The molecule has 9 heteroatoms. The number of terminal acetylenes is 1. The van der Waals surface area contributed by atoms with Crippen LogP contribution in [0.2, 0.25) is 0 Å². The number of benzene rings is 2. The van der Waals surface area contributed by atoms with Crippen molar-refractivity contribution in [1.82, 2.24) is 15.5 Å². The molecule has 1 aliphatic rings. The molecule has 0 spiro atoms. The number of H-pyrrole nitrogens is 1. The number of rotatable bonds is 6. The monoisotopic (exact) mass is 471 g/mol. The van der Waals surface area contributed by atoms with E-state index in [4.69, 9.17) is 5.11 Å². The maximum atomic E-state index is 12.9. The molecule has 1 heterocycles. The highest BCUT2D eigenvalue weighted by Gasteiger charge is 2.40. The van der Waals surface area contributed by atoms with Gasteiger partial charge >= 0.3 is 12.1 Å². The van der Waals surface area contributed by atoms with Crippen LogP contribution in [0.25, 0.3) is 10.9 Å². The molecule has 34 heavy (non-hydrogen) atoms. The molecule has 3 unspecified atom stereocenters. The zero-order chi connectivity index (χ0) is 25.0. The van der Waals surface area contributed by atoms with Crippen LogP contribution in [-0.4, -0.2) is 33.2 Å². The average molecular weight is 471 g/mol. The van der Waals surface area contributed by atoms with Gasteiger partial charge < -0.3 is 10.4 Å². The van der Waals surface area contributed by atoms with Gasteiger partial charge in [-0.3, -0.25) is 14.7 Å². The van der Waals surface area contributed by atoms with E-state index in [1.165, 1.54) is 12.1 Å². The first-order valence-electron chi connectivity index (χ1n) is 10.6. The van der Waals surface area contributed by atoms with E-state index in [1.54, 1.807) is 12.1 Å². The molecule has 3 atom stereocenters. The summed E-state index contributed by atoms with van der Waals surface area (Å²) in [6.45, 7) is 1.92. The molecule has 1 fully saturated rings. The van der Waals surface area contributed by atoms with Crippen molar-refractivity contribution in [2.24, 2.45) is 11.8 Å².